The molecule has 0 spiro atoms. The third-order valence-corrected chi connectivity index (χ3v) is 12.0. The normalized spacial score (nSPS) is 26.0. The molecule has 3 aliphatic heterocycles. The molecule has 0 radical (unpaired) electrons. The van der Waals surface area contributed by atoms with Crippen molar-refractivity contribution >= 4 is 51.8 Å². The van der Waals surface area contributed by atoms with Gasteiger partial charge in [0.25, 0.3) is 11.8 Å². The smallest absolute Gasteiger partial charge is 0.410 e. The highest BCUT2D eigenvalue weighted by Gasteiger charge is 2.62. The number of nitrogens with zero attached hydrogens (tertiary/aromatic N) is 2. The van der Waals surface area contributed by atoms with Crippen LogP contribution in [0.2, 0.25) is 0 Å². The molecule has 2 aliphatic carbocycles. The number of rotatable bonds is 12. The van der Waals surface area contributed by atoms with E-state index in [1.807, 2.05) is 0 Å². The van der Waals surface area contributed by atoms with Crippen LogP contribution in [0.4, 0.5) is 14.0 Å². The molecule has 2 saturated heterocycles. The van der Waals surface area contributed by atoms with E-state index in [-0.39, 0.29) is 38.8 Å². The standard InChI is InChI=1S/C36H45FN6O12S/c1-5-20-14-36(20,32(48)41-56(51,52)22-9-10-22)40-29(45)26-13-21(53-34(50)42-16-19-7-6-8-24(37)23(19)18-42)17-43(26)31(47)25(39-33(49)55-35(2,3)4)15-38-30(46)27-11-12-28(44)54-27/h5-8,20-22,25-27H,1,9-18H2,2-4H3,(H,38,46)(H,39,49)(H,40,45)(H,41,48)/t20?,21-,25+,26+,27+,36-/m1/s1. The fraction of sp³-hybridized carbons (Fsp3) is 0.583. The molecule has 1 aromatic carbocycles. The molecule has 0 aromatic heterocycles. The highest BCUT2D eigenvalue weighted by Crippen LogP contribution is 2.45. The molecule has 6 amide bonds. The summed E-state index contributed by atoms with van der Waals surface area (Å²) in [5.41, 5.74) is -1.80. The number of esters is 1. The summed E-state index contributed by atoms with van der Waals surface area (Å²) in [4.78, 5) is 95.1. The summed E-state index contributed by atoms with van der Waals surface area (Å²) in [7, 11) is -4.00. The Balaban J connectivity index is 1.23. The van der Waals surface area contributed by atoms with Gasteiger partial charge in [0.05, 0.1) is 18.3 Å². The number of ether oxygens (including phenoxy) is 3. The molecule has 1 unspecified atom stereocenters. The predicted molar refractivity (Wildman–Crippen MR) is 191 cm³/mol. The summed E-state index contributed by atoms with van der Waals surface area (Å²) >= 11 is 0. The second-order valence-electron chi connectivity index (χ2n) is 15.6. The minimum absolute atomic E-state index is 0.0124. The molecule has 0 bridgehead atoms. The minimum atomic E-state index is -4.00. The number of carbonyl (C=O) groups is 7. The first-order valence-corrected chi connectivity index (χ1v) is 19.8. The Bertz CT molecular complexity index is 1950. The first-order chi connectivity index (χ1) is 26.3. The van der Waals surface area contributed by atoms with Gasteiger partial charge in [0.15, 0.2) is 6.10 Å². The van der Waals surface area contributed by atoms with Gasteiger partial charge in [-0.3, -0.25) is 33.6 Å². The van der Waals surface area contributed by atoms with Crippen LogP contribution in [0.15, 0.2) is 30.9 Å². The second kappa shape index (κ2) is 15.3. The average molecular weight is 805 g/mol. The Hall–Kier alpha value is -5.27. The van der Waals surface area contributed by atoms with Crippen LogP contribution in [0.5, 0.6) is 0 Å². The van der Waals surface area contributed by atoms with Crippen LogP contribution in [0.25, 0.3) is 0 Å². The second-order valence-corrected chi connectivity index (χ2v) is 17.6. The number of likely N-dealkylation sites (tertiary alicyclic amines) is 1. The van der Waals surface area contributed by atoms with Gasteiger partial charge >= 0.3 is 18.2 Å². The van der Waals surface area contributed by atoms with E-state index in [4.69, 9.17) is 14.2 Å². The summed E-state index contributed by atoms with van der Waals surface area (Å²) in [6.45, 7) is 7.49. The van der Waals surface area contributed by atoms with Gasteiger partial charge in [-0.2, -0.15) is 0 Å². The quantitative estimate of drug-likeness (QED) is 0.129. The zero-order valence-corrected chi connectivity index (χ0v) is 31.9. The average Bonchev–Trinajstić information content (AvgIpc) is 3.94. The number of alkyl carbamates (subject to hydrolysis) is 1. The number of fused-ring (bicyclic) bond motifs is 1. The van der Waals surface area contributed by atoms with Crippen molar-refractivity contribution in [3.63, 3.8) is 0 Å². The highest BCUT2D eigenvalue weighted by atomic mass is 32.2. The molecule has 18 nitrogen and oxygen atoms in total. The van der Waals surface area contributed by atoms with Crippen molar-refractivity contribution in [2.45, 2.75) is 113 Å². The number of sulfonamides is 1. The lowest BCUT2D eigenvalue weighted by atomic mass is 10.1. The topological polar surface area (TPSA) is 236 Å². The van der Waals surface area contributed by atoms with E-state index in [1.165, 1.54) is 23.1 Å². The summed E-state index contributed by atoms with van der Waals surface area (Å²) in [5, 5.41) is 6.80. The minimum Gasteiger partial charge on any atom is -0.452 e. The molecule has 6 rings (SSSR count). The molecule has 6 atom stereocenters. The number of hydrogen-bond acceptors (Lipinski definition) is 12. The van der Waals surface area contributed by atoms with E-state index in [2.05, 4.69) is 27.3 Å². The molecule has 20 heteroatoms. The molecule has 56 heavy (non-hydrogen) atoms. The summed E-state index contributed by atoms with van der Waals surface area (Å²) in [6, 6.07) is 1.44. The number of benzene rings is 1. The molecule has 1 aromatic rings. The molecular formula is C36H45FN6O12S. The van der Waals surface area contributed by atoms with Gasteiger partial charge in [-0.25, -0.2) is 22.4 Å². The van der Waals surface area contributed by atoms with Gasteiger partial charge < -0.3 is 35.1 Å². The van der Waals surface area contributed by atoms with Gasteiger partial charge in [-0.15, -0.1) is 6.58 Å². The zero-order valence-electron chi connectivity index (χ0n) is 31.1. The fourth-order valence-corrected chi connectivity index (χ4v) is 8.36. The largest absolute Gasteiger partial charge is 0.452 e. The van der Waals surface area contributed by atoms with Crippen LogP contribution in [-0.2, 0) is 61.3 Å². The van der Waals surface area contributed by atoms with E-state index >= 15 is 0 Å². The van der Waals surface area contributed by atoms with Crippen LogP contribution in [0.1, 0.15) is 70.4 Å². The van der Waals surface area contributed by atoms with E-state index in [9.17, 15) is 46.4 Å². The lowest BCUT2D eigenvalue weighted by Gasteiger charge is -2.30. The lowest BCUT2D eigenvalue weighted by molar-refractivity contribution is -0.148. The summed E-state index contributed by atoms with van der Waals surface area (Å²) in [6.07, 6.45) is -2.14. The zero-order chi connectivity index (χ0) is 40.7. The number of halogens is 1. The number of carbonyl (C=O) groups excluding carboxylic acids is 7. The van der Waals surface area contributed by atoms with Gasteiger partial charge in [0.1, 0.15) is 35.1 Å². The van der Waals surface area contributed by atoms with Gasteiger partial charge in [-0.1, -0.05) is 18.2 Å². The predicted octanol–water partition coefficient (Wildman–Crippen LogP) is 0.632. The number of nitrogens with one attached hydrogen (secondary N) is 4. The van der Waals surface area contributed by atoms with Gasteiger partial charge in [0.2, 0.25) is 21.8 Å². The summed E-state index contributed by atoms with van der Waals surface area (Å²) < 4.78 is 57.9. The molecule has 4 N–H and O–H groups in total. The third kappa shape index (κ3) is 8.89. The third-order valence-electron chi connectivity index (χ3n) is 10.2. The Morgan fingerprint density at radius 2 is 1.84 bits per heavy atom. The first kappa shape index (κ1) is 40.4. The molecule has 5 aliphatic rings. The van der Waals surface area contributed by atoms with Crippen LogP contribution in [-0.4, -0.2) is 114 Å². The van der Waals surface area contributed by atoms with Crippen molar-refractivity contribution in [2.24, 2.45) is 5.92 Å². The lowest BCUT2D eigenvalue weighted by Crippen LogP contribution is -2.60. The number of cyclic esters (lactones) is 1. The van der Waals surface area contributed by atoms with Crippen LogP contribution in [0.3, 0.4) is 0 Å². The van der Waals surface area contributed by atoms with Crippen molar-refractivity contribution in [3.05, 3.63) is 47.8 Å². The van der Waals surface area contributed by atoms with Gasteiger partial charge in [0, 0.05) is 43.8 Å². The van der Waals surface area contributed by atoms with Crippen molar-refractivity contribution in [1.29, 1.82) is 0 Å². The monoisotopic (exact) mass is 804 g/mol. The summed E-state index contributed by atoms with van der Waals surface area (Å²) in [5.74, 6) is -5.24. The highest BCUT2D eigenvalue weighted by molar-refractivity contribution is 7.91. The molecule has 3 heterocycles. The molecular weight excluding hydrogens is 759 g/mol. The maximum Gasteiger partial charge on any atom is 0.410 e. The SMILES string of the molecule is C=CC1C[C@]1(NC(=O)[C@@H]1C[C@@H](OC(=O)N2Cc3cccc(F)c3C2)CN1C(=O)[C@H](CNC(=O)[C@@H]1CCC(=O)O1)NC(=O)OC(C)(C)C)C(=O)NS(=O)(=O)C1CC1. The van der Waals surface area contributed by atoms with Crippen molar-refractivity contribution in [2.75, 3.05) is 13.1 Å². The van der Waals surface area contributed by atoms with Crippen LogP contribution in [0, 0.1) is 11.7 Å². The number of amides is 6. The number of hydrogen-bond donors (Lipinski definition) is 4. The van der Waals surface area contributed by atoms with Crippen molar-refractivity contribution < 1.29 is 60.6 Å². The van der Waals surface area contributed by atoms with Crippen LogP contribution < -0.4 is 20.7 Å². The molecule has 2 saturated carbocycles. The van der Waals surface area contributed by atoms with E-state index in [1.54, 1.807) is 26.8 Å². The first-order valence-electron chi connectivity index (χ1n) is 18.3. The van der Waals surface area contributed by atoms with E-state index < -0.39 is 117 Å². The van der Waals surface area contributed by atoms with Crippen molar-refractivity contribution in [3.8, 4) is 0 Å². The Labute approximate surface area is 322 Å². The van der Waals surface area contributed by atoms with E-state index in [0.29, 0.717) is 24.0 Å². The Morgan fingerprint density at radius 3 is 2.45 bits per heavy atom. The fourth-order valence-electron chi connectivity index (χ4n) is 7.00. The molecule has 4 fully saturated rings. The maximum atomic E-state index is 14.4. The molecule has 304 valence electrons. The van der Waals surface area contributed by atoms with Gasteiger partial charge in [-0.05, 0) is 51.7 Å². The Kier molecular flexibility index (Phi) is 11.1. The maximum absolute atomic E-state index is 14.4. The van der Waals surface area contributed by atoms with E-state index in [0.717, 1.165) is 4.90 Å². The van der Waals surface area contributed by atoms with Crippen molar-refractivity contribution in [1.82, 2.24) is 30.5 Å². The van der Waals surface area contributed by atoms with Crippen LogP contribution >= 0.6 is 0 Å². The Morgan fingerprint density at radius 1 is 1.11 bits per heavy atom.